The summed E-state index contributed by atoms with van der Waals surface area (Å²) in [5.41, 5.74) is 1.02. The molecular formula is C21H29N3O4S. The van der Waals surface area contributed by atoms with Crippen molar-refractivity contribution >= 4 is 18.0 Å². The number of methoxy groups -OCH3 is 1. The Hall–Kier alpha value is -1.61. The van der Waals surface area contributed by atoms with Gasteiger partial charge in [0, 0.05) is 30.8 Å². The van der Waals surface area contributed by atoms with Crippen molar-refractivity contribution in [3.8, 4) is 5.75 Å². The highest BCUT2D eigenvalue weighted by Gasteiger charge is 2.29. The molecule has 2 N–H and O–H groups in total. The van der Waals surface area contributed by atoms with E-state index in [0.29, 0.717) is 26.1 Å². The highest BCUT2D eigenvalue weighted by molar-refractivity contribution is 7.99. The van der Waals surface area contributed by atoms with Crippen molar-refractivity contribution in [1.82, 2.24) is 10.3 Å². The summed E-state index contributed by atoms with van der Waals surface area (Å²) in [6.45, 7) is 2.76. The highest BCUT2D eigenvalue weighted by Crippen LogP contribution is 2.32. The van der Waals surface area contributed by atoms with Gasteiger partial charge in [0.2, 0.25) is 0 Å². The fourth-order valence-electron chi connectivity index (χ4n) is 3.90. The Labute approximate surface area is 175 Å². The molecule has 8 heteroatoms. The molecule has 0 spiro atoms. The zero-order chi connectivity index (χ0) is 20.1. The number of thioether (sulfide) groups is 1. The maximum absolute atomic E-state index is 10.6. The summed E-state index contributed by atoms with van der Waals surface area (Å²) in [7, 11) is 1.64. The number of nitrogens with one attached hydrogen (secondary N) is 1. The van der Waals surface area contributed by atoms with E-state index >= 15 is 0 Å². The Morgan fingerprint density at radius 1 is 1.41 bits per heavy atom. The molecule has 0 aromatic carbocycles. The first kappa shape index (κ1) is 20.7. The monoisotopic (exact) mass is 419 g/mol. The fraction of sp³-hybridized carbons (Fsp3) is 0.619. The van der Waals surface area contributed by atoms with Gasteiger partial charge < -0.3 is 24.6 Å². The Morgan fingerprint density at radius 2 is 2.34 bits per heavy atom. The van der Waals surface area contributed by atoms with Crippen molar-refractivity contribution in [1.29, 1.82) is 0 Å². The van der Waals surface area contributed by atoms with Gasteiger partial charge in [0.25, 0.3) is 0 Å². The third kappa shape index (κ3) is 5.51. The van der Waals surface area contributed by atoms with Crippen LogP contribution < -0.4 is 10.1 Å². The summed E-state index contributed by atoms with van der Waals surface area (Å²) in [5.74, 6) is 2.84. The second-order valence-corrected chi connectivity index (χ2v) is 8.81. The normalized spacial score (nSPS) is 27.5. The average Bonchev–Trinajstić information content (AvgIpc) is 2.78. The van der Waals surface area contributed by atoms with Crippen LogP contribution in [0.1, 0.15) is 25.0 Å². The Kier molecular flexibility index (Phi) is 7.07. The number of nitrogens with zero attached hydrogens (tertiary/aromatic N) is 2. The Bertz CT molecular complexity index is 749. The molecule has 3 aliphatic heterocycles. The van der Waals surface area contributed by atoms with Crippen LogP contribution in [-0.2, 0) is 16.0 Å². The van der Waals surface area contributed by atoms with E-state index < -0.39 is 6.10 Å². The van der Waals surface area contributed by atoms with Crippen molar-refractivity contribution in [2.45, 2.75) is 49.0 Å². The number of aliphatic hydroxyl groups is 1. The zero-order valence-corrected chi connectivity index (χ0v) is 17.6. The van der Waals surface area contributed by atoms with E-state index in [0.717, 1.165) is 42.4 Å². The lowest BCUT2D eigenvalue weighted by molar-refractivity contribution is -0.0773. The summed E-state index contributed by atoms with van der Waals surface area (Å²) < 4.78 is 16.8. The lowest BCUT2D eigenvalue weighted by atomic mass is 9.92. The summed E-state index contributed by atoms with van der Waals surface area (Å²) >= 11 is 1.82. The molecule has 0 aliphatic carbocycles. The SMILES string of the molecule is COC1=CC(C[C@H](O)[C@@H]2CC[C@@H](NCc3cc4c(cn3)OCCS4)CO2)CN=C1. The van der Waals surface area contributed by atoms with Crippen LogP contribution in [-0.4, -0.2) is 67.2 Å². The molecule has 1 aromatic rings. The zero-order valence-electron chi connectivity index (χ0n) is 16.8. The standard InChI is InChI=1S/C21H29N3O4S/c1-26-17-6-14(9-22-11-17)7-18(25)19-3-2-15(13-28-19)23-10-16-8-21-20(12-24-16)27-4-5-29-21/h6,8,11-12,14-15,18-19,23,25H,2-5,7,9-10,13H2,1H3/t14?,15-,18+,19+/m1/s1. The molecule has 4 rings (SSSR count). The van der Waals surface area contributed by atoms with Crippen LogP contribution in [0.25, 0.3) is 0 Å². The van der Waals surface area contributed by atoms with E-state index in [1.54, 1.807) is 13.3 Å². The van der Waals surface area contributed by atoms with Crippen LogP contribution in [0.15, 0.2) is 34.0 Å². The van der Waals surface area contributed by atoms with E-state index in [1.807, 2.05) is 24.0 Å². The Morgan fingerprint density at radius 3 is 3.17 bits per heavy atom. The van der Waals surface area contributed by atoms with Crippen LogP contribution in [0.3, 0.4) is 0 Å². The third-order valence-electron chi connectivity index (χ3n) is 5.54. The smallest absolute Gasteiger partial charge is 0.151 e. The van der Waals surface area contributed by atoms with E-state index in [4.69, 9.17) is 14.2 Å². The molecule has 1 unspecified atom stereocenters. The van der Waals surface area contributed by atoms with Crippen molar-refractivity contribution in [2.24, 2.45) is 10.9 Å². The first-order chi connectivity index (χ1) is 14.2. The maximum atomic E-state index is 10.6. The van der Waals surface area contributed by atoms with Crippen molar-refractivity contribution < 1.29 is 19.3 Å². The molecule has 4 heterocycles. The number of pyridine rings is 1. The van der Waals surface area contributed by atoms with Gasteiger partial charge in [0.15, 0.2) is 5.75 Å². The van der Waals surface area contributed by atoms with E-state index in [-0.39, 0.29) is 18.1 Å². The highest BCUT2D eigenvalue weighted by atomic mass is 32.2. The second kappa shape index (κ2) is 9.93. The number of allylic oxidation sites excluding steroid dienone is 1. The molecule has 29 heavy (non-hydrogen) atoms. The number of hydrogen-bond donors (Lipinski definition) is 2. The number of aliphatic imine (C=N–C) groups is 1. The maximum Gasteiger partial charge on any atom is 0.151 e. The van der Waals surface area contributed by atoms with Crippen LogP contribution in [0.4, 0.5) is 0 Å². The number of hydrogen-bond acceptors (Lipinski definition) is 8. The molecule has 0 saturated carbocycles. The minimum atomic E-state index is -0.483. The summed E-state index contributed by atoms with van der Waals surface area (Å²) in [4.78, 5) is 9.96. The van der Waals surface area contributed by atoms with Gasteiger partial charge in [0.05, 0.1) is 55.5 Å². The van der Waals surface area contributed by atoms with Gasteiger partial charge >= 0.3 is 0 Å². The summed E-state index contributed by atoms with van der Waals surface area (Å²) in [6.07, 6.45) is 7.46. The molecule has 0 radical (unpaired) electrons. The molecule has 0 bridgehead atoms. The summed E-state index contributed by atoms with van der Waals surface area (Å²) in [5, 5.41) is 14.1. The van der Waals surface area contributed by atoms with Crippen LogP contribution in [0, 0.1) is 5.92 Å². The molecule has 4 atom stereocenters. The van der Waals surface area contributed by atoms with Gasteiger partial charge in [-0.3, -0.25) is 9.98 Å². The lowest BCUT2D eigenvalue weighted by Crippen LogP contribution is -2.43. The quantitative estimate of drug-likeness (QED) is 0.701. The topological polar surface area (TPSA) is 85.2 Å². The van der Waals surface area contributed by atoms with Gasteiger partial charge in [-0.25, -0.2) is 0 Å². The molecule has 3 aliphatic rings. The van der Waals surface area contributed by atoms with Gasteiger partial charge in [-0.2, -0.15) is 0 Å². The van der Waals surface area contributed by atoms with E-state index in [2.05, 4.69) is 21.4 Å². The minimum absolute atomic E-state index is 0.117. The van der Waals surface area contributed by atoms with Crippen LogP contribution >= 0.6 is 11.8 Å². The van der Waals surface area contributed by atoms with Gasteiger partial charge in [-0.05, 0) is 31.4 Å². The predicted octanol–water partition coefficient (Wildman–Crippen LogP) is 2.19. The number of ether oxygens (including phenoxy) is 3. The average molecular weight is 420 g/mol. The predicted molar refractivity (Wildman–Crippen MR) is 113 cm³/mol. The first-order valence-corrected chi connectivity index (χ1v) is 11.2. The molecule has 1 aromatic heterocycles. The minimum Gasteiger partial charge on any atom is -0.495 e. The molecule has 0 amide bonds. The number of dihydropyridines is 1. The molecule has 158 valence electrons. The molecular weight excluding hydrogens is 390 g/mol. The third-order valence-corrected chi connectivity index (χ3v) is 6.54. The molecule has 7 nitrogen and oxygen atoms in total. The van der Waals surface area contributed by atoms with Crippen LogP contribution in [0.5, 0.6) is 5.75 Å². The van der Waals surface area contributed by atoms with Crippen LogP contribution in [0.2, 0.25) is 0 Å². The van der Waals surface area contributed by atoms with E-state index in [9.17, 15) is 5.11 Å². The van der Waals surface area contributed by atoms with Gasteiger partial charge in [-0.15, -0.1) is 11.8 Å². The van der Waals surface area contributed by atoms with Crippen molar-refractivity contribution in [2.75, 3.05) is 32.6 Å². The fourth-order valence-corrected chi connectivity index (χ4v) is 4.76. The number of aromatic nitrogens is 1. The Balaban J connectivity index is 1.20. The first-order valence-electron chi connectivity index (χ1n) is 10.2. The number of aliphatic hydroxyl groups excluding tert-OH is 1. The van der Waals surface area contributed by atoms with Gasteiger partial charge in [0.1, 0.15) is 5.76 Å². The van der Waals surface area contributed by atoms with Crippen molar-refractivity contribution in [3.05, 3.63) is 29.8 Å². The number of fused-ring (bicyclic) bond motifs is 1. The largest absolute Gasteiger partial charge is 0.495 e. The van der Waals surface area contributed by atoms with Gasteiger partial charge in [-0.1, -0.05) is 0 Å². The van der Waals surface area contributed by atoms with Crippen molar-refractivity contribution in [3.63, 3.8) is 0 Å². The lowest BCUT2D eigenvalue weighted by Gasteiger charge is -2.33. The molecule has 1 saturated heterocycles. The summed E-state index contributed by atoms with van der Waals surface area (Å²) in [6, 6.07) is 2.39. The van der Waals surface area contributed by atoms with E-state index in [1.165, 1.54) is 4.90 Å². The number of rotatable bonds is 7. The molecule has 1 fully saturated rings. The second-order valence-electron chi connectivity index (χ2n) is 7.68.